The summed E-state index contributed by atoms with van der Waals surface area (Å²) in [7, 11) is -3.09. The number of amides is 1. The van der Waals surface area contributed by atoms with Crippen molar-refractivity contribution in [1.82, 2.24) is 5.32 Å². The molecule has 1 aliphatic carbocycles. The lowest BCUT2D eigenvalue weighted by atomic mass is 9.76. The van der Waals surface area contributed by atoms with Crippen molar-refractivity contribution in [2.75, 3.05) is 12.0 Å². The number of hydrogen-bond acceptors (Lipinski definition) is 4. The zero-order valence-corrected chi connectivity index (χ0v) is 12.2. The van der Waals surface area contributed by atoms with E-state index in [1.54, 1.807) is 6.92 Å². The fourth-order valence-electron chi connectivity index (χ4n) is 2.66. The standard InChI is InChI=1S/C12H24N2O3S/c1-9-5-4-6-12(13,7-9)11(15)14-10(2)8-18(3,16)17/h9-10H,4-8,13H2,1-3H3,(H,14,15). The third-order valence-electron chi connectivity index (χ3n) is 3.41. The van der Waals surface area contributed by atoms with Crippen LogP contribution in [0.5, 0.6) is 0 Å². The second-order valence-electron chi connectivity index (χ2n) is 5.82. The number of carbonyl (C=O) groups excluding carboxylic acids is 1. The van der Waals surface area contributed by atoms with Gasteiger partial charge in [0.1, 0.15) is 9.84 Å². The number of sulfone groups is 1. The van der Waals surface area contributed by atoms with E-state index in [0.29, 0.717) is 18.8 Å². The molecular weight excluding hydrogens is 252 g/mol. The summed E-state index contributed by atoms with van der Waals surface area (Å²) in [5.74, 6) is 0.176. The van der Waals surface area contributed by atoms with Crippen LogP contribution in [0.4, 0.5) is 0 Å². The van der Waals surface area contributed by atoms with Gasteiger partial charge in [-0.2, -0.15) is 0 Å². The maximum Gasteiger partial charge on any atom is 0.240 e. The molecule has 0 aromatic rings. The van der Waals surface area contributed by atoms with Crippen molar-refractivity contribution in [3.8, 4) is 0 Å². The third-order valence-corrected chi connectivity index (χ3v) is 4.52. The van der Waals surface area contributed by atoms with Crippen molar-refractivity contribution < 1.29 is 13.2 Å². The van der Waals surface area contributed by atoms with Gasteiger partial charge in [-0.15, -0.1) is 0 Å². The molecule has 1 saturated carbocycles. The van der Waals surface area contributed by atoms with Crippen LogP contribution < -0.4 is 11.1 Å². The molecular formula is C12H24N2O3S. The van der Waals surface area contributed by atoms with Crippen molar-refractivity contribution in [2.24, 2.45) is 11.7 Å². The first kappa shape index (κ1) is 15.4. The lowest BCUT2D eigenvalue weighted by Crippen LogP contribution is -2.58. The van der Waals surface area contributed by atoms with Crippen molar-refractivity contribution in [3.63, 3.8) is 0 Å². The molecule has 0 radical (unpaired) electrons. The molecule has 1 fully saturated rings. The summed E-state index contributed by atoms with van der Waals surface area (Å²) in [5.41, 5.74) is 5.31. The fourth-order valence-corrected chi connectivity index (χ4v) is 3.65. The van der Waals surface area contributed by atoms with Gasteiger partial charge >= 0.3 is 0 Å². The van der Waals surface area contributed by atoms with E-state index in [-0.39, 0.29) is 11.7 Å². The van der Waals surface area contributed by atoms with Gasteiger partial charge in [-0.3, -0.25) is 4.79 Å². The highest BCUT2D eigenvalue weighted by atomic mass is 32.2. The van der Waals surface area contributed by atoms with Crippen LogP contribution in [0.3, 0.4) is 0 Å². The van der Waals surface area contributed by atoms with Gasteiger partial charge in [-0.25, -0.2) is 8.42 Å². The van der Waals surface area contributed by atoms with Crippen LogP contribution in [0.25, 0.3) is 0 Å². The molecule has 5 nitrogen and oxygen atoms in total. The quantitative estimate of drug-likeness (QED) is 0.780. The number of carbonyl (C=O) groups is 1. The number of nitrogens with two attached hydrogens (primary N) is 1. The topological polar surface area (TPSA) is 89.3 Å². The lowest BCUT2D eigenvalue weighted by molar-refractivity contribution is -0.128. The summed E-state index contributed by atoms with van der Waals surface area (Å²) < 4.78 is 22.3. The Labute approximate surface area is 109 Å². The smallest absolute Gasteiger partial charge is 0.240 e. The normalized spacial score (nSPS) is 30.8. The number of rotatable bonds is 4. The SMILES string of the molecule is CC1CCCC(N)(C(=O)NC(C)CS(C)(=O)=O)C1. The maximum atomic E-state index is 12.1. The molecule has 0 saturated heterocycles. The minimum absolute atomic E-state index is 0.0512. The Kier molecular flexibility index (Phi) is 4.78. The van der Waals surface area contributed by atoms with Crippen LogP contribution in [-0.4, -0.2) is 37.9 Å². The van der Waals surface area contributed by atoms with Crippen molar-refractivity contribution in [1.29, 1.82) is 0 Å². The van der Waals surface area contributed by atoms with Crippen LogP contribution >= 0.6 is 0 Å². The van der Waals surface area contributed by atoms with Crippen molar-refractivity contribution in [3.05, 3.63) is 0 Å². The number of hydrogen-bond donors (Lipinski definition) is 2. The van der Waals surface area contributed by atoms with Gasteiger partial charge in [0.05, 0.1) is 11.3 Å². The van der Waals surface area contributed by atoms with Crippen LogP contribution in [-0.2, 0) is 14.6 Å². The molecule has 0 heterocycles. The second kappa shape index (κ2) is 5.57. The van der Waals surface area contributed by atoms with Crippen molar-refractivity contribution >= 4 is 15.7 Å². The van der Waals surface area contributed by atoms with Crippen LogP contribution in [0.2, 0.25) is 0 Å². The fraction of sp³-hybridized carbons (Fsp3) is 0.917. The minimum atomic E-state index is -3.09. The summed E-state index contributed by atoms with van der Waals surface area (Å²) in [6, 6.07) is -0.398. The van der Waals surface area contributed by atoms with Crippen molar-refractivity contribution in [2.45, 2.75) is 51.1 Å². The summed E-state index contributed by atoms with van der Waals surface area (Å²) in [6.07, 6.45) is 4.56. The lowest BCUT2D eigenvalue weighted by Gasteiger charge is -2.36. The zero-order chi connectivity index (χ0) is 14.0. The highest BCUT2D eigenvalue weighted by molar-refractivity contribution is 7.90. The first-order valence-electron chi connectivity index (χ1n) is 6.40. The van der Waals surface area contributed by atoms with E-state index >= 15 is 0 Å². The van der Waals surface area contributed by atoms with Gasteiger partial charge in [0, 0.05) is 12.3 Å². The van der Waals surface area contributed by atoms with Gasteiger partial charge in [-0.05, 0) is 25.7 Å². The molecule has 0 aromatic heterocycles. The summed E-state index contributed by atoms with van der Waals surface area (Å²) >= 11 is 0. The van der Waals surface area contributed by atoms with E-state index in [0.717, 1.165) is 19.1 Å². The molecule has 3 N–H and O–H groups in total. The summed E-state index contributed by atoms with van der Waals surface area (Å²) in [6.45, 7) is 3.78. The predicted octanol–water partition coefficient (Wildman–Crippen LogP) is 0.443. The van der Waals surface area contributed by atoms with E-state index < -0.39 is 21.4 Å². The largest absolute Gasteiger partial charge is 0.351 e. The highest BCUT2D eigenvalue weighted by Crippen LogP contribution is 2.30. The third kappa shape index (κ3) is 4.57. The predicted molar refractivity (Wildman–Crippen MR) is 71.9 cm³/mol. The molecule has 106 valence electrons. The average molecular weight is 276 g/mol. The molecule has 18 heavy (non-hydrogen) atoms. The van der Waals surface area contributed by atoms with E-state index in [1.165, 1.54) is 0 Å². The maximum absolute atomic E-state index is 12.1. The molecule has 0 aliphatic heterocycles. The molecule has 3 unspecified atom stereocenters. The molecule has 3 atom stereocenters. The first-order chi connectivity index (χ1) is 8.12. The molecule has 6 heteroatoms. The Hall–Kier alpha value is -0.620. The van der Waals surface area contributed by atoms with Gasteiger partial charge in [-0.1, -0.05) is 19.8 Å². The first-order valence-corrected chi connectivity index (χ1v) is 8.46. The van der Waals surface area contributed by atoms with Gasteiger partial charge in [0.25, 0.3) is 0 Å². The Morgan fingerprint density at radius 3 is 2.67 bits per heavy atom. The monoisotopic (exact) mass is 276 g/mol. The molecule has 1 aliphatic rings. The Morgan fingerprint density at radius 2 is 2.17 bits per heavy atom. The molecule has 0 bridgehead atoms. The highest BCUT2D eigenvalue weighted by Gasteiger charge is 2.38. The van der Waals surface area contributed by atoms with E-state index in [1.807, 2.05) is 0 Å². The Balaban J connectivity index is 2.59. The minimum Gasteiger partial charge on any atom is -0.351 e. The summed E-state index contributed by atoms with van der Waals surface area (Å²) in [4.78, 5) is 12.1. The Bertz CT molecular complexity index is 408. The van der Waals surface area contributed by atoms with Gasteiger partial charge < -0.3 is 11.1 Å². The van der Waals surface area contributed by atoms with E-state index in [4.69, 9.17) is 5.73 Å². The molecule has 0 aromatic carbocycles. The van der Waals surface area contributed by atoms with E-state index in [2.05, 4.69) is 12.2 Å². The van der Waals surface area contributed by atoms with Crippen LogP contribution in [0, 0.1) is 5.92 Å². The van der Waals surface area contributed by atoms with Crippen LogP contribution in [0.15, 0.2) is 0 Å². The van der Waals surface area contributed by atoms with Crippen LogP contribution in [0.1, 0.15) is 39.5 Å². The molecule has 1 rings (SSSR count). The molecule has 1 amide bonds. The molecule has 0 spiro atoms. The number of nitrogens with one attached hydrogen (secondary N) is 1. The zero-order valence-electron chi connectivity index (χ0n) is 11.4. The second-order valence-corrected chi connectivity index (χ2v) is 8.01. The average Bonchev–Trinajstić information content (AvgIpc) is 2.13. The van der Waals surface area contributed by atoms with Gasteiger partial charge in [0.2, 0.25) is 5.91 Å². The summed E-state index contributed by atoms with van der Waals surface area (Å²) in [5, 5.41) is 2.72. The van der Waals surface area contributed by atoms with Gasteiger partial charge in [0.15, 0.2) is 0 Å². The Morgan fingerprint density at radius 1 is 1.56 bits per heavy atom. The van der Waals surface area contributed by atoms with E-state index in [9.17, 15) is 13.2 Å².